The van der Waals surface area contributed by atoms with E-state index in [1.54, 1.807) is 21.1 Å². The molecule has 1 aromatic heterocycles. The van der Waals surface area contributed by atoms with E-state index in [9.17, 15) is 10.1 Å². The van der Waals surface area contributed by atoms with E-state index >= 15 is 0 Å². The monoisotopic (exact) mass is 281 g/mol. The first kappa shape index (κ1) is 14.4. The van der Waals surface area contributed by atoms with Crippen molar-refractivity contribution in [3.8, 4) is 0 Å². The van der Waals surface area contributed by atoms with Crippen molar-refractivity contribution in [3.63, 3.8) is 0 Å². The Morgan fingerprint density at radius 2 is 2.05 bits per heavy atom. The zero-order valence-electron chi connectivity index (χ0n) is 11.9. The quantitative estimate of drug-likeness (QED) is 0.657. The summed E-state index contributed by atoms with van der Waals surface area (Å²) in [6.07, 6.45) is 1.90. The third-order valence-corrected chi connectivity index (χ3v) is 3.52. The Kier molecular flexibility index (Phi) is 4.33. The minimum Gasteiger partial charge on any atom is -0.381 e. The number of nitrogens with zero attached hydrogens (tertiary/aromatic N) is 4. The van der Waals surface area contributed by atoms with Gasteiger partial charge in [0.1, 0.15) is 5.69 Å². The molecule has 1 N–H and O–H groups in total. The lowest BCUT2D eigenvalue weighted by molar-refractivity contribution is -0.385. The second-order valence-corrected chi connectivity index (χ2v) is 4.73. The molecule has 2 rings (SSSR count). The Hall–Kier alpha value is -1.96. The van der Waals surface area contributed by atoms with Gasteiger partial charge in [-0.05, 0) is 19.8 Å². The van der Waals surface area contributed by atoms with Crippen LogP contribution in [0.2, 0.25) is 0 Å². The van der Waals surface area contributed by atoms with Crippen LogP contribution >= 0.6 is 0 Å². The topological polar surface area (TPSA) is 93.4 Å². The number of anilines is 2. The fourth-order valence-corrected chi connectivity index (χ4v) is 2.40. The number of aryl methyl sites for hydroxylation is 1. The largest absolute Gasteiger partial charge is 0.381 e. The van der Waals surface area contributed by atoms with Gasteiger partial charge in [0, 0.05) is 27.2 Å². The van der Waals surface area contributed by atoms with Gasteiger partial charge in [-0.25, -0.2) is 4.98 Å². The average molecular weight is 281 g/mol. The molecule has 0 unspecified atom stereocenters. The highest BCUT2D eigenvalue weighted by atomic mass is 16.6. The molecule has 0 aliphatic carbocycles. The highest BCUT2D eigenvalue weighted by Crippen LogP contribution is 2.31. The number of methoxy groups -OCH3 is 1. The lowest BCUT2D eigenvalue weighted by atomic mass is 10.1. The van der Waals surface area contributed by atoms with Crippen molar-refractivity contribution in [1.82, 2.24) is 9.97 Å². The Bertz CT molecular complexity index is 500. The number of nitrogens with one attached hydrogen (secondary N) is 1. The van der Waals surface area contributed by atoms with Crippen LogP contribution in [0, 0.1) is 17.0 Å². The number of piperidine rings is 1. The third-order valence-electron chi connectivity index (χ3n) is 3.52. The van der Waals surface area contributed by atoms with Gasteiger partial charge in [0.25, 0.3) is 0 Å². The molecule has 20 heavy (non-hydrogen) atoms. The van der Waals surface area contributed by atoms with Crippen LogP contribution in [-0.2, 0) is 4.74 Å². The molecule has 8 nitrogen and oxygen atoms in total. The first-order valence-electron chi connectivity index (χ1n) is 6.55. The maximum atomic E-state index is 11.3. The molecule has 2 heterocycles. The van der Waals surface area contributed by atoms with Gasteiger partial charge < -0.3 is 15.0 Å². The van der Waals surface area contributed by atoms with Gasteiger partial charge in [0.2, 0.25) is 11.8 Å². The Labute approximate surface area is 117 Å². The molecule has 0 radical (unpaired) electrons. The Morgan fingerprint density at radius 3 is 2.55 bits per heavy atom. The summed E-state index contributed by atoms with van der Waals surface area (Å²) >= 11 is 0. The van der Waals surface area contributed by atoms with Crippen LogP contribution in [0.5, 0.6) is 0 Å². The lowest BCUT2D eigenvalue weighted by Gasteiger charge is -2.31. The molecule has 110 valence electrons. The summed E-state index contributed by atoms with van der Waals surface area (Å²) in [6, 6.07) is 0. The predicted molar refractivity (Wildman–Crippen MR) is 75.2 cm³/mol. The summed E-state index contributed by atoms with van der Waals surface area (Å²) in [5, 5.41) is 14.1. The number of hydrogen-bond acceptors (Lipinski definition) is 7. The molecule has 0 atom stereocenters. The van der Waals surface area contributed by atoms with E-state index in [2.05, 4.69) is 15.3 Å². The van der Waals surface area contributed by atoms with Crippen molar-refractivity contribution in [3.05, 3.63) is 15.8 Å². The lowest BCUT2D eigenvalue weighted by Crippen LogP contribution is -2.37. The van der Waals surface area contributed by atoms with Gasteiger partial charge in [0.05, 0.1) is 11.0 Å². The molecule has 1 aromatic rings. The number of hydrogen-bond donors (Lipinski definition) is 1. The highest BCUT2D eigenvalue weighted by molar-refractivity contribution is 5.62. The molecule has 0 amide bonds. The molecule has 1 aliphatic heterocycles. The molecule has 1 saturated heterocycles. The van der Waals surface area contributed by atoms with Crippen LogP contribution < -0.4 is 10.2 Å². The second-order valence-electron chi connectivity index (χ2n) is 4.73. The fourth-order valence-electron chi connectivity index (χ4n) is 2.40. The van der Waals surface area contributed by atoms with Crippen molar-refractivity contribution in [1.29, 1.82) is 0 Å². The Morgan fingerprint density at radius 1 is 1.40 bits per heavy atom. The smallest absolute Gasteiger partial charge is 0.332 e. The zero-order valence-corrected chi connectivity index (χ0v) is 11.9. The maximum absolute atomic E-state index is 11.3. The van der Waals surface area contributed by atoms with E-state index < -0.39 is 4.92 Å². The average Bonchev–Trinajstić information content (AvgIpc) is 2.46. The van der Waals surface area contributed by atoms with Gasteiger partial charge in [-0.2, -0.15) is 4.98 Å². The number of aromatic nitrogens is 2. The first-order chi connectivity index (χ1) is 9.56. The zero-order chi connectivity index (χ0) is 14.7. The number of rotatable bonds is 4. The van der Waals surface area contributed by atoms with Crippen molar-refractivity contribution in [2.45, 2.75) is 25.9 Å². The fraction of sp³-hybridized carbons (Fsp3) is 0.667. The molecule has 1 fully saturated rings. The van der Waals surface area contributed by atoms with Gasteiger partial charge >= 0.3 is 5.69 Å². The van der Waals surface area contributed by atoms with Crippen molar-refractivity contribution in [2.75, 3.05) is 37.5 Å². The van der Waals surface area contributed by atoms with E-state index in [1.165, 1.54) is 0 Å². The van der Waals surface area contributed by atoms with E-state index in [0.29, 0.717) is 30.5 Å². The summed E-state index contributed by atoms with van der Waals surface area (Å²) in [5.41, 5.74) is 0.359. The first-order valence-corrected chi connectivity index (χ1v) is 6.55. The molecule has 8 heteroatoms. The maximum Gasteiger partial charge on any atom is 0.332 e. The van der Waals surface area contributed by atoms with Crippen molar-refractivity contribution in [2.24, 2.45) is 0 Å². The van der Waals surface area contributed by atoms with Crippen molar-refractivity contribution < 1.29 is 9.66 Å². The molecular formula is C12H19N5O3. The predicted octanol–water partition coefficient (Wildman–Crippen LogP) is 1.35. The number of ether oxygens (including phenoxy) is 1. The van der Waals surface area contributed by atoms with E-state index in [-0.39, 0.29) is 11.8 Å². The summed E-state index contributed by atoms with van der Waals surface area (Å²) < 4.78 is 5.32. The summed E-state index contributed by atoms with van der Waals surface area (Å²) in [6.45, 7) is 3.02. The Balaban J connectivity index is 2.34. The molecule has 0 bridgehead atoms. The summed E-state index contributed by atoms with van der Waals surface area (Å²) in [4.78, 5) is 21.1. The van der Waals surface area contributed by atoms with Crippen LogP contribution in [0.15, 0.2) is 0 Å². The van der Waals surface area contributed by atoms with Crippen molar-refractivity contribution >= 4 is 17.5 Å². The molecular weight excluding hydrogens is 262 g/mol. The van der Waals surface area contributed by atoms with E-state index in [4.69, 9.17) is 4.74 Å². The summed E-state index contributed by atoms with van der Waals surface area (Å²) in [5.74, 6) is 0.790. The molecule has 0 saturated carbocycles. The highest BCUT2D eigenvalue weighted by Gasteiger charge is 2.29. The standard InChI is InChI=1S/C12H19N5O3/c1-8-10(17(18)19)11(15-12(13-2)14-8)16-6-4-9(20-3)5-7-16/h9H,4-7H2,1-3H3,(H,13,14,15). The van der Waals surface area contributed by atoms with Gasteiger partial charge in [-0.1, -0.05) is 0 Å². The molecule has 0 aromatic carbocycles. The van der Waals surface area contributed by atoms with E-state index in [1.807, 2.05) is 4.90 Å². The van der Waals surface area contributed by atoms with Crippen LogP contribution in [0.25, 0.3) is 0 Å². The second kappa shape index (κ2) is 6.00. The van der Waals surface area contributed by atoms with Gasteiger partial charge in [0.15, 0.2) is 0 Å². The van der Waals surface area contributed by atoms with E-state index in [0.717, 1.165) is 12.8 Å². The molecule has 1 aliphatic rings. The number of nitro groups is 1. The molecule has 0 spiro atoms. The SMILES string of the molecule is CNc1nc(C)c([N+](=O)[O-])c(N2CCC(OC)CC2)n1. The minimum atomic E-state index is -0.410. The minimum absolute atomic E-state index is 0.0140. The van der Waals surface area contributed by atoms with Crippen LogP contribution in [0.4, 0.5) is 17.5 Å². The third kappa shape index (κ3) is 2.79. The van der Waals surface area contributed by atoms with Crippen LogP contribution in [-0.4, -0.2) is 48.2 Å². The normalized spacial score (nSPS) is 16.2. The van der Waals surface area contributed by atoms with Crippen LogP contribution in [0.1, 0.15) is 18.5 Å². The van der Waals surface area contributed by atoms with Crippen LogP contribution in [0.3, 0.4) is 0 Å². The van der Waals surface area contributed by atoms with Gasteiger partial charge in [-0.3, -0.25) is 10.1 Å². The van der Waals surface area contributed by atoms with Gasteiger partial charge in [-0.15, -0.1) is 0 Å². The summed E-state index contributed by atoms with van der Waals surface area (Å²) in [7, 11) is 3.39.